The monoisotopic (exact) mass is 329 g/mol. The van der Waals surface area contributed by atoms with Crippen LogP contribution in [0.5, 0.6) is 0 Å². The Morgan fingerprint density at radius 2 is 2.04 bits per heavy atom. The summed E-state index contributed by atoms with van der Waals surface area (Å²) in [5.74, 6) is -0.00314. The molecule has 0 radical (unpaired) electrons. The zero-order valence-electron chi connectivity index (χ0n) is 14.0. The fourth-order valence-electron chi connectivity index (χ4n) is 4.18. The van der Waals surface area contributed by atoms with Crippen molar-refractivity contribution >= 4 is 17.6 Å². The predicted octanol–water partition coefficient (Wildman–Crippen LogP) is 1.50. The molecule has 2 fully saturated rings. The van der Waals surface area contributed by atoms with Crippen LogP contribution in [-0.4, -0.2) is 56.2 Å². The van der Waals surface area contributed by atoms with Gasteiger partial charge in [0, 0.05) is 44.5 Å². The van der Waals surface area contributed by atoms with Crippen LogP contribution in [0.2, 0.25) is 0 Å². The Labute approximate surface area is 141 Å². The molecule has 3 aliphatic heterocycles. The highest BCUT2D eigenvalue weighted by Gasteiger charge is 2.46. The van der Waals surface area contributed by atoms with E-state index in [4.69, 9.17) is 4.74 Å². The summed E-state index contributed by atoms with van der Waals surface area (Å²) in [6.45, 7) is 2.82. The summed E-state index contributed by atoms with van der Waals surface area (Å²) < 4.78 is 5.53. The Bertz CT molecular complexity index is 669. The SMILES string of the molecule is CN1CCC(NC(=O)N2CC3(CCOCC3)c3ccccc32)C1=O. The number of benzene rings is 1. The van der Waals surface area contributed by atoms with Gasteiger partial charge in [-0.2, -0.15) is 0 Å². The fraction of sp³-hybridized carbons (Fsp3) is 0.556. The number of carbonyl (C=O) groups is 2. The minimum atomic E-state index is -0.402. The van der Waals surface area contributed by atoms with Crippen LogP contribution in [0.25, 0.3) is 0 Å². The number of likely N-dealkylation sites (tertiary alicyclic amines) is 1. The third-order valence-electron chi connectivity index (χ3n) is 5.65. The van der Waals surface area contributed by atoms with Gasteiger partial charge < -0.3 is 15.0 Å². The molecule has 1 N–H and O–H groups in total. The fourth-order valence-corrected chi connectivity index (χ4v) is 4.18. The zero-order valence-corrected chi connectivity index (χ0v) is 14.0. The third-order valence-corrected chi connectivity index (χ3v) is 5.65. The van der Waals surface area contributed by atoms with Gasteiger partial charge in [0.15, 0.2) is 0 Å². The van der Waals surface area contributed by atoms with Gasteiger partial charge in [0.2, 0.25) is 5.91 Å². The predicted molar refractivity (Wildman–Crippen MR) is 90.1 cm³/mol. The van der Waals surface area contributed by atoms with Crippen LogP contribution in [0, 0.1) is 0 Å². The number of carbonyl (C=O) groups excluding carboxylic acids is 2. The molecule has 1 unspecified atom stereocenters. The van der Waals surface area contributed by atoms with Crippen LogP contribution in [0.4, 0.5) is 10.5 Å². The first-order chi connectivity index (χ1) is 11.6. The molecule has 3 heterocycles. The summed E-state index contributed by atoms with van der Waals surface area (Å²) in [6, 6.07) is 7.56. The lowest BCUT2D eigenvalue weighted by atomic mass is 9.76. The molecule has 3 amide bonds. The number of hydrogen-bond acceptors (Lipinski definition) is 3. The van der Waals surface area contributed by atoms with Crippen LogP contribution in [0.15, 0.2) is 24.3 Å². The van der Waals surface area contributed by atoms with Crippen molar-refractivity contribution in [1.82, 2.24) is 10.2 Å². The number of nitrogens with one attached hydrogen (secondary N) is 1. The Kier molecular flexibility index (Phi) is 3.72. The Balaban J connectivity index is 1.58. The molecular formula is C18H23N3O3. The topological polar surface area (TPSA) is 61.9 Å². The average molecular weight is 329 g/mol. The highest BCUT2D eigenvalue weighted by atomic mass is 16.5. The molecule has 1 aromatic rings. The van der Waals surface area contributed by atoms with E-state index in [1.807, 2.05) is 23.1 Å². The van der Waals surface area contributed by atoms with E-state index in [1.165, 1.54) is 5.56 Å². The smallest absolute Gasteiger partial charge is 0.322 e. The lowest BCUT2D eigenvalue weighted by Crippen LogP contribution is -2.49. The van der Waals surface area contributed by atoms with Crippen molar-refractivity contribution in [2.24, 2.45) is 0 Å². The Morgan fingerprint density at radius 3 is 2.75 bits per heavy atom. The van der Waals surface area contributed by atoms with Gasteiger partial charge in [0.05, 0.1) is 0 Å². The van der Waals surface area contributed by atoms with Crippen molar-refractivity contribution in [3.63, 3.8) is 0 Å². The van der Waals surface area contributed by atoms with Gasteiger partial charge in [0.25, 0.3) is 0 Å². The normalized spacial score (nSPS) is 25.2. The number of hydrogen-bond donors (Lipinski definition) is 1. The summed E-state index contributed by atoms with van der Waals surface area (Å²) in [5, 5.41) is 2.93. The van der Waals surface area contributed by atoms with Crippen molar-refractivity contribution < 1.29 is 14.3 Å². The van der Waals surface area contributed by atoms with E-state index in [1.54, 1.807) is 11.9 Å². The van der Waals surface area contributed by atoms with Crippen molar-refractivity contribution in [2.75, 3.05) is 38.3 Å². The van der Waals surface area contributed by atoms with Crippen molar-refractivity contribution in [1.29, 1.82) is 0 Å². The van der Waals surface area contributed by atoms with Crippen molar-refractivity contribution in [3.05, 3.63) is 29.8 Å². The number of ether oxygens (including phenoxy) is 1. The summed E-state index contributed by atoms with van der Waals surface area (Å²) in [6.07, 6.45) is 2.54. The van der Waals surface area contributed by atoms with E-state index in [2.05, 4.69) is 11.4 Å². The second-order valence-corrected chi connectivity index (χ2v) is 7.05. The van der Waals surface area contributed by atoms with Crippen LogP contribution in [-0.2, 0) is 14.9 Å². The van der Waals surface area contributed by atoms with E-state index in [0.717, 1.165) is 31.7 Å². The maximum absolute atomic E-state index is 12.9. The van der Waals surface area contributed by atoms with Gasteiger partial charge in [-0.15, -0.1) is 0 Å². The van der Waals surface area contributed by atoms with Crippen LogP contribution < -0.4 is 10.2 Å². The van der Waals surface area contributed by atoms with Crippen LogP contribution in [0.3, 0.4) is 0 Å². The molecule has 3 aliphatic rings. The maximum atomic E-state index is 12.9. The minimum absolute atomic E-state index is 0.00314. The molecule has 0 bridgehead atoms. The number of urea groups is 1. The quantitative estimate of drug-likeness (QED) is 0.849. The molecule has 2 saturated heterocycles. The second-order valence-electron chi connectivity index (χ2n) is 7.05. The lowest BCUT2D eigenvalue weighted by molar-refractivity contribution is -0.128. The van der Waals surface area contributed by atoms with Gasteiger partial charge in [0.1, 0.15) is 6.04 Å². The lowest BCUT2D eigenvalue weighted by Gasteiger charge is -2.34. The number of fused-ring (bicyclic) bond motifs is 2. The molecule has 1 aromatic carbocycles. The molecule has 6 nitrogen and oxygen atoms in total. The molecule has 1 spiro atoms. The number of anilines is 1. The molecule has 1 atom stereocenters. The number of rotatable bonds is 1. The van der Waals surface area contributed by atoms with E-state index in [9.17, 15) is 9.59 Å². The van der Waals surface area contributed by atoms with Crippen molar-refractivity contribution in [2.45, 2.75) is 30.7 Å². The van der Waals surface area contributed by atoms with Gasteiger partial charge in [-0.1, -0.05) is 18.2 Å². The number of likely N-dealkylation sites (N-methyl/N-ethyl adjacent to an activating group) is 1. The number of nitrogens with zero attached hydrogens (tertiary/aromatic N) is 2. The van der Waals surface area contributed by atoms with Gasteiger partial charge in [-0.25, -0.2) is 4.79 Å². The van der Waals surface area contributed by atoms with Gasteiger partial charge in [-0.3, -0.25) is 9.69 Å². The average Bonchev–Trinajstić information content (AvgIpc) is 3.09. The van der Waals surface area contributed by atoms with E-state index >= 15 is 0 Å². The largest absolute Gasteiger partial charge is 0.381 e. The summed E-state index contributed by atoms with van der Waals surface area (Å²) in [7, 11) is 1.77. The molecule has 128 valence electrons. The van der Waals surface area contributed by atoms with Crippen LogP contribution in [0.1, 0.15) is 24.8 Å². The summed E-state index contributed by atoms with van der Waals surface area (Å²) >= 11 is 0. The Morgan fingerprint density at radius 1 is 1.29 bits per heavy atom. The van der Waals surface area contributed by atoms with E-state index in [0.29, 0.717) is 19.5 Å². The molecule has 0 aliphatic carbocycles. The van der Waals surface area contributed by atoms with Crippen LogP contribution >= 0.6 is 0 Å². The highest BCUT2D eigenvalue weighted by molar-refractivity contribution is 5.98. The van der Waals surface area contributed by atoms with Gasteiger partial charge in [-0.05, 0) is 30.9 Å². The first-order valence-corrected chi connectivity index (χ1v) is 8.61. The summed E-state index contributed by atoms with van der Waals surface area (Å²) in [4.78, 5) is 28.4. The number of amides is 3. The molecule has 0 aromatic heterocycles. The molecule has 0 saturated carbocycles. The van der Waals surface area contributed by atoms with Crippen molar-refractivity contribution in [3.8, 4) is 0 Å². The van der Waals surface area contributed by atoms with Gasteiger partial charge >= 0.3 is 6.03 Å². The minimum Gasteiger partial charge on any atom is -0.381 e. The first-order valence-electron chi connectivity index (χ1n) is 8.61. The molecule has 6 heteroatoms. The molecule has 4 rings (SSSR count). The van der Waals surface area contributed by atoms with E-state index in [-0.39, 0.29) is 17.4 Å². The standard InChI is InChI=1S/C18H23N3O3/c1-20-9-6-14(16(20)22)19-17(23)21-12-18(7-10-24-11-8-18)13-4-2-3-5-15(13)21/h2-5,14H,6-12H2,1H3,(H,19,23). The Hall–Kier alpha value is -2.08. The third kappa shape index (κ3) is 2.36. The maximum Gasteiger partial charge on any atom is 0.322 e. The molecular weight excluding hydrogens is 306 g/mol. The molecule has 24 heavy (non-hydrogen) atoms. The van der Waals surface area contributed by atoms with E-state index < -0.39 is 6.04 Å². The summed E-state index contributed by atoms with van der Waals surface area (Å²) in [5.41, 5.74) is 2.19. The number of para-hydroxylation sites is 1. The highest BCUT2D eigenvalue weighted by Crippen LogP contribution is 2.46. The zero-order chi connectivity index (χ0) is 16.7. The first kappa shape index (κ1) is 15.4. The second kappa shape index (κ2) is 5.77.